The third-order valence-corrected chi connectivity index (χ3v) is 7.61. The normalized spacial score (nSPS) is 19.0. The molecule has 19 nitrogen and oxygen atoms in total. The van der Waals surface area contributed by atoms with Crippen LogP contribution in [0.5, 0.6) is 5.75 Å². The maximum atomic E-state index is 14.0. The molecular formula is C31H25N7O12. The van der Waals surface area contributed by atoms with Crippen LogP contribution in [0.3, 0.4) is 0 Å². The smallest absolute Gasteiger partial charge is 0.339 e. The molecule has 3 unspecified atom stereocenters. The predicted molar refractivity (Wildman–Crippen MR) is 164 cm³/mol. The van der Waals surface area contributed by atoms with Gasteiger partial charge in [-0.2, -0.15) is 0 Å². The van der Waals surface area contributed by atoms with Crippen molar-refractivity contribution in [3.8, 4) is 5.75 Å². The number of allylic oxidation sites excluding steroid dienone is 1. The Bertz CT molecular complexity index is 1930. The molecular weight excluding hydrogens is 662 g/mol. The van der Waals surface area contributed by atoms with Gasteiger partial charge in [-0.1, -0.05) is 34.5 Å². The first kappa shape index (κ1) is 34.5. The second-order valence-electron chi connectivity index (χ2n) is 10.7. The predicted octanol–water partition coefficient (Wildman–Crippen LogP) is 3.75. The van der Waals surface area contributed by atoms with Crippen LogP contribution in [-0.2, 0) is 48.5 Å². The highest BCUT2D eigenvalue weighted by atomic mass is 16.7. The molecule has 19 heteroatoms. The molecule has 3 atom stereocenters. The van der Waals surface area contributed by atoms with Crippen molar-refractivity contribution in [2.24, 2.45) is 16.1 Å². The van der Waals surface area contributed by atoms with E-state index in [1.807, 2.05) is 0 Å². The molecule has 50 heavy (non-hydrogen) atoms. The lowest BCUT2D eigenvalue weighted by atomic mass is 9.69. The maximum absolute atomic E-state index is 14.0. The summed E-state index contributed by atoms with van der Waals surface area (Å²) in [4.78, 5) is 81.1. The fourth-order valence-electron chi connectivity index (χ4n) is 5.59. The van der Waals surface area contributed by atoms with E-state index in [0.717, 1.165) is 18.7 Å². The van der Waals surface area contributed by atoms with E-state index in [1.165, 1.54) is 42.5 Å². The molecule has 0 radical (unpaired) electrons. The van der Waals surface area contributed by atoms with Crippen LogP contribution in [0, 0.1) is 5.92 Å². The average Bonchev–Trinajstić information content (AvgIpc) is 3.35. The Kier molecular flexibility index (Phi) is 10.0. The van der Waals surface area contributed by atoms with Crippen molar-refractivity contribution in [2.45, 2.75) is 25.6 Å². The zero-order valence-electron chi connectivity index (χ0n) is 26.2. The zero-order valence-corrected chi connectivity index (χ0v) is 26.2. The van der Waals surface area contributed by atoms with Crippen molar-refractivity contribution in [1.82, 2.24) is 4.90 Å². The molecule has 0 N–H and O–H groups in total. The van der Waals surface area contributed by atoms with Crippen LogP contribution in [0.2, 0.25) is 0 Å². The fourth-order valence-corrected chi connectivity index (χ4v) is 5.59. The standard InChI is InChI=1S/C31H25N7O12/c1-16(39)45-14-47-27(41)12-38(13-28(42)48-15-46-17(2)40)29(43)18-3-6-21-24(9-18)31(50-30(21)44)22-7-4-19(34-36-32)10-25(22)49-26-11-20(35-37-33)5-8-23(26)31/h3-11,22,25H,12-15H2,1-2H3. The number of rotatable bonds is 11. The van der Waals surface area contributed by atoms with E-state index in [2.05, 4.69) is 29.5 Å². The first-order valence-corrected chi connectivity index (χ1v) is 14.5. The van der Waals surface area contributed by atoms with Gasteiger partial charge in [-0.25, -0.2) is 4.79 Å². The van der Waals surface area contributed by atoms with Crippen LogP contribution in [0.4, 0.5) is 5.69 Å². The van der Waals surface area contributed by atoms with Crippen molar-refractivity contribution in [1.29, 1.82) is 0 Å². The average molecular weight is 688 g/mol. The second kappa shape index (κ2) is 14.5. The molecule has 0 saturated carbocycles. The van der Waals surface area contributed by atoms with Crippen LogP contribution in [0.25, 0.3) is 20.9 Å². The number of carbonyl (C=O) groups excluding carboxylic acids is 6. The summed E-state index contributed by atoms with van der Waals surface area (Å²) >= 11 is 0. The summed E-state index contributed by atoms with van der Waals surface area (Å²) in [7, 11) is 0. The molecule has 1 spiro atoms. The van der Waals surface area contributed by atoms with Gasteiger partial charge in [0, 0.05) is 51.7 Å². The zero-order chi connectivity index (χ0) is 36.0. The molecule has 2 aliphatic heterocycles. The third-order valence-electron chi connectivity index (χ3n) is 7.61. The van der Waals surface area contributed by atoms with Gasteiger partial charge in [-0.05, 0) is 41.4 Å². The first-order valence-electron chi connectivity index (χ1n) is 14.5. The topological polar surface area (TPSA) is 259 Å². The summed E-state index contributed by atoms with van der Waals surface area (Å²) in [5.41, 5.74) is 17.4. The molecule has 0 bridgehead atoms. The minimum atomic E-state index is -1.62. The number of esters is 5. The molecule has 2 aromatic carbocycles. The summed E-state index contributed by atoms with van der Waals surface area (Å²) in [5, 5.41) is 7.25. The van der Waals surface area contributed by atoms with Gasteiger partial charge in [-0.15, -0.1) is 0 Å². The minimum absolute atomic E-state index is 0.0950. The lowest BCUT2D eigenvalue weighted by Gasteiger charge is -2.45. The Morgan fingerprint density at radius 1 is 0.880 bits per heavy atom. The number of azide groups is 2. The number of hydrogen-bond acceptors (Lipinski definition) is 14. The number of ether oxygens (including phenoxy) is 6. The van der Waals surface area contributed by atoms with Gasteiger partial charge in [0.25, 0.3) is 5.91 Å². The van der Waals surface area contributed by atoms with Crippen LogP contribution in [0.1, 0.15) is 45.7 Å². The summed E-state index contributed by atoms with van der Waals surface area (Å²) in [6.45, 7) is -0.923. The Morgan fingerprint density at radius 2 is 1.54 bits per heavy atom. The summed E-state index contributed by atoms with van der Waals surface area (Å²) in [5.74, 6) is -5.76. The van der Waals surface area contributed by atoms with Gasteiger partial charge in [0.05, 0.1) is 11.5 Å². The molecule has 0 saturated heterocycles. The van der Waals surface area contributed by atoms with E-state index in [0.29, 0.717) is 5.56 Å². The van der Waals surface area contributed by atoms with Gasteiger partial charge in [-0.3, -0.25) is 24.0 Å². The molecule has 3 aliphatic rings. The van der Waals surface area contributed by atoms with Crippen molar-refractivity contribution in [3.05, 3.63) is 103 Å². The molecule has 1 amide bonds. The molecule has 2 heterocycles. The Hall–Kier alpha value is -6.84. The van der Waals surface area contributed by atoms with Crippen LogP contribution >= 0.6 is 0 Å². The number of hydrogen-bond donors (Lipinski definition) is 0. The number of carbonyl (C=O) groups is 6. The Morgan fingerprint density at radius 3 is 2.16 bits per heavy atom. The molecule has 5 rings (SSSR count). The summed E-state index contributed by atoms with van der Waals surface area (Å²) in [6, 6.07) is 8.50. The summed E-state index contributed by atoms with van der Waals surface area (Å²) < 4.78 is 31.2. The molecule has 0 fully saturated rings. The number of amides is 1. The SMILES string of the molecule is CC(=O)OCOC(=O)CN(CC(=O)OCOC(C)=O)C(=O)c1ccc2c(c1)C1(OC2=O)c2ccc(N=[N+]=[N-])cc2OC2C=C(N=[N+]=[N-])C=CC21. The van der Waals surface area contributed by atoms with E-state index < -0.39 is 80.1 Å². The van der Waals surface area contributed by atoms with Gasteiger partial charge in [0.15, 0.2) is 5.60 Å². The second-order valence-corrected chi connectivity index (χ2v) is 10.7. The van der Waals surface area contributed by atoms with E-state index in [1.54, 1.807) is 12.1 Å². The third kappa shape index (κ3) is 7.03. The Balaban J connectivity index is 1.56. The van der Waals surface area contributed by atoms with E-state index in [-0.39, 0.29) is 33.8 Å². The van der Waals surface area contributed by atoms with E-state index >= 15 is 0 Å². The van der Waals surface area contributed by atoms with Gasteiger partial charge in [0.1, 0.15) is 24.9 Å². The van der Waals surface area contributed by atoms with Crippen LogP contribution < -0.4 is 4.74 Å². The van der Waals surface area contributed by atoms with Crippen molar-refractivity contribution >= 4 is 41.4 Å². The largest absolute Gasteiger partial charge is 0.485 e. The maximum Gasteiger partial charge on any atom is 0.339 e. The lowest BCUT2D eigenvalue weighted by molar-refractivity contribution is -0.166. The quantitative estimate of drug-likeness (QED) is 0.0817. The van der Waals surface area contributed by atoms with E-state index in [4.69, 9.17) is 30.0 Å². The number of fused-ring (bicyclic) bond motifs is 6. The van der Waals surface area contributed by atoms with Crippen molar-refractivity contribution in [2.75, 3.05) is 26.7 Å². The van der Waals surface area contributed by atoms with Crippen molar-refractivity contribution < 1.29 is 57.2 Å². The van der Waals surface area contributed by atoms with Crippen molar-refractivity contribution in [3.63, 3.8) is 0 Å². The van der Waals surface area contributed by atoms with Gasteiger partial charge < -0.3 is 33.3 Å². The molecule has 1 aliphatic carbocycles. The van der Waals surface area contributed by atoms with Crippen LogP contribution in [0.15, 0.2) is 70.6 Å². The fraction of sp³-hybridized carbons (Fsp3) is 0.290. The highest BCUT2D eigenvalue weighted by Crippen LogP contribution is 2.56. The van der Waals surface area contributed by atoms with E-state index in [9.17, 15) is 28.8 Å². The minimum Gasteiger partial charge on any atom is -0.485 e. The lowest BCUT2D eigenvalue weighted by Crippen LogP contribution is -2.48. The van der Waals surface area contributed by atoms with Gasteiger partial charge >= 0.3 is 29.8 Å². The van der Waals surface area contributed by atoms with Gasteiger partial charge in [0.2, 0.25) is 13.6 Å². The molecule has 2 aromatic rings. The first-order chi connectivity index (χ1) is 24.0. The summed E-state index contributed by atoms with van der Waals surface area (Å²) in [6.07, 6.45) is 3.82. The number of benzene rings is 2. The molecule has 0 aromatic heterocycles. The monoisotopic (exact) mass is 687 g/mol. The highest BCUT2D eigenvalue weighted by Gasteiger charge is 2.58. The number of nitrogens with zero attached hydrogens (tertiary/aromatic N) is 7. The Labute approximate surface area is 281 Å². The highest BCUT2D eigenvalue weighted by molar-refractivity contribution is 6.01. The van der Waals surface area contributed by atoms with Crippen LogP contribution in [-0.4, -0.2) is 73.4 Å². The molecule has 256 valence electrons.